The molecule has 5 rings (SSSR count). The van der Waals surface area contributed by atoms with E-state index in [9.17, 15) is 24.8 Å². The minimum absolute atomic E-state index is 0.0734. The summed E-state index contributed by atoms with van der Waals surface area (Å²) in [6, 6.07) is 8.34. The minimum Gasteiger partial charge on any atom is -0.480 e. The molecule has 2 fully saturated rings. The van der Waals surface area contributed by atoms with Crippen LogP contribution in [0.4, 0.5) is 5.95 Å². The van der Waals surface area contributed by atoms with Gasteiger partial charge in [-0.1, -0.05) is 18.2 Å². The molecular weight excluding hydrogens is 480 g/mol. The van der Waals surface area contributed by atoms with Crippen LogP contribution in [0, 0.1) is 11.3 Å². The van der Waals surface area contributed by atoms with Gasteiger partial charge in [0.05, 0.1) is 23.7 Å². The lowest BCUT2D eigenvalue weighted by Gasteiger charge is -2.33. The van der Waals surface area contributed by atoms with Gasteiger partial charge in [0.2, 0.25) is 5.95 Å². The van der Waals surface area contributed by atoms with Gasteiger partial charge in [-0.3, -0.25) is 14.2 Å². The van der Waals surface area contributed by atoms with Crippen LogP contribution in [0.3, 0.4) is 0 Å². The van der Waals surface area contributed by atoms with Crippen molar-refractivity contribution in [1.29, 1.82) is 5.26 Å². The van der Waals surface area contributed by atoms with Crippen LogP contribution in [0.15, 0.2) is 34.4 Å². The number of anilines is 1. The molecule has 11 heteroatoms. The highest BCUT2D eigenvalue weighted by Gasteiger charge is 2.36. The molecule has 2 atom stereocenters. The number of carboxylic acid groups (broad SMARTS) is 1. The normalized spacial score (nSPS) is 20.0. The Hall–Kier alpha value is -3.75. The molecule has 1 amide bonds. The molecule has 4 heterocycles. The van der Waals surface area contributed by atoms with E-state index in [0.29, 0.717) is 54.3 Å². The Balaban J connectivity index is 1.64. The van der Waals surface area contributed by atoms with Crippen molar-refractivity contribution in [1.82, 2.24) is 14.5 Å². The van der Waals surface area contributed by atoms with E-state index >= 15 is 0 Å². The number of thiophene rings is 1. The maximum atomic E-state index is 13.8. The first kappa shape index (κ1) is 24.0. The van der Waals surface area contributed by atoms with Crippen molar-refractivity contribution < 1.29 is 14.7 Å². The molecule has 0 saturated carbocycles. The van der Waals surface area contributed by atoms with Gasteiger partial charge >= 0.3 is 5.97 Å². The number of carbonyl (C=O) groups excluding carboxylic acids is 1. The summed E-state index contributed by atoms with van der Waals surface area (Å²) in [4.78, 5) is 47.0. The number of carboxylic acids is 1. The summed E-state index contributed by atoms with van der Waals surface area (Å²) in [6.45, 7) is 1.68. The summed E-state index contributed by atoms with van der Waals surface area (Å²) < 4.78 is 1.88. The fourth-order valence-corrected chi connectivity index (χ4v) is 6.00. The van der Waals surface area contributed by atoms with E-state index in [-0.39, 0.29) is 29.2 Å². The Labute approximate surface area is 211 Å². The average molecular weight is 507 g/mol. The molecule has 36 heavy (non-hydrogen) atoms. The second-order valence-electron chi connectivity index (χ2n) is 9.24. The molecule has 2 aliphatic heterocycles. The number of aromatic nitrogens is 2. The van der Waals surface area contributed by atoms with Crippen molar-refractivity contribution in [2.45, 2.75) is 44.3 Å². The van der Waals surface area contributed by atoms with Gasteiger partial charge in [-0.25, -0.2) is 9.78 Å². The quantitative estimate of drug-likeness (QED) is 0.534. The Morgan fingerprint density at radius 3 is 2.75 bits per heavy atom. The van der Waals surface area contributed by atoms with E-state index < -0.39 is 17.9 Å². The molecule has 3 N–H and O–H groups in total. The number of likely N-dealkylation sites (tertiary alicyclic amines) is 1. The number of hydrogen-bond acceptors (Lipinski definition) is 8. The fraction of sp³-hybridized carbons (Fsp3) is 0.400. The highest BCUT2D eigenvalue weighted by Crippen LogP contribution is 2.29. The number of hydrogen-bond donors (Lipinski definition) is 2. The Morgan fingerprint density at radius 2 is 2.00 bits per heavy atom. The molecule has 0 radical (unpaired) electrons. The highest BCUT2D eigenvalue weighted by atomic mass is 32.1. The summed E-state index contributed by atoms with van der Waals surface area (Å²) in [7, 11) is 0. The zero-order chi connectivity index (χ0) is 25.4. The second kappa shape index (κ2) is 9.72. The molecule has 3 aromatic rings. The lowest BCUT2D eigenvalue weighted by Crippen LogP contribution is -2.45. The molecule has 1 aromatic carbocycles. The van der Waals surface area contributed by atoms with Crippen LogP contribution in [0.1, 0.15) is 47.2 Å². The van der Waals surface area contributed by atoms with E-state index in [1.807, 2.05) is 17.0 Å². The molecule has 0 aliphatic carbocycles. The number of nitrogens with zero attached hydrogens (tertiary/aromatic N) is 5. The zero-order valence-corrected chi connectivity index (χ0v) is 20.4. The Morgan fingerprint density at radius 1 is 1.22 bits per heavy atom. The number of aliphatic carboxylic acids is 1. The topological polar surface area (TPSA) is 146 Å². The predicted octanol–water partition coefficient (Wildman–Crippen LogP) is 1.99. The molecule has 2 aromatic heterocycles. The fourth-order valence-electron chi connectivity index (χ4n) is 5.07. The van der Waals surface area contributed by atoms with Gasteiger partial charge in [0, 0.05) is 31.1 Å². The van der Waals surface area contributed by atoms with Crippen molar-refractivity contribution in [3.05, 3.63) is 56.7 Å². The minimum atomic E-state index is -1.03. The lowest BCUT2D eigenvalue weighted by atomic mass is 10.1. The summed E-state index contributed by atoms with van der Waals surface area (Å²) in [5.74, 6) is -1.05. The number of nitriles is 1. The molecule has 10 nitrogen and oxygen atoms in total. The first-order chi connectivity index (χ1) is 17.4. The van der Waals surface area contributed by atoms with E-state index in [4.69, 9.17) is 10.7 Å². The molecule has 0 unspecified atom stereocenters. The smallest absolute Gasteiger partial charge is 0.326 e. The summed E-state index contributed by atoms with van der Waals surface area (Å²) in [5, 5.41) is 20.7. The maximum absolute atomic E-state index is 13.8. The summed E-state index contributed by atoms with van der Waals surface area (Å²) >= 11 is 1.13. The van der Waals surface area contributed by atoms with Crippen LogP contribution in [-0.2, 0) is 11.3 Å². The van der Waals surface area contributed by atoms with E-state index in [2.05, 4.69) is 6.07 Å². The zero-order valence-electron chi connectivity index (χ0n) is 19.6. The van der Waals surface area contributed by atoms with Gasteiger partial charge in [-0.2, -0.15) is 5.26 Å². The third kappa shape index (κ3) is 4.23. The van der Waals surface area contributed by atoms with Gasteiger partial charge in [-0.15, -0.1) is 11.3 Å². The molecule has 2 saturated heterocycles. The van der Waals surface area contributed by atoms with Crippen LogP contribution in [0.25, 0.3) is 10.2 Å². The number of fused-ring (bicyclic) bond motifs is 1. The van der Waals surface area contributed by atoms with Gasteiger partial charge in [0.1, 0.15) is 16.3 Å². The van der Waals surface area contributed by atoms with Crippen molar-refractivity contribution in [2.24, 2.45) is 5.73 Å². The standard InChI is InChI=1S/C25H26N6O4S/c26-11-15-5-1-2-6-16(15)12-31-23(33)21-20(28-25(31)29-9-3-7-17(27)13-29)18(14-36-21)22(32)30-10-4-8-19(30)24(34)35/h1-2,5-6,14,17,19H,3-4,7-10,12-13,27H2,(H,34,35)/t17-,19+/m1/s1. The lowest BCUT2D eigenvalue weighted by molar-refractivity contribution is -0.141. The average Bonchev–Trinajstić information content (AvgIpc) is 3.53. The van der Waals surface area contributed by atoms with Gasteiger partial charge < -0.3 is 20.6 Å². The number of piperidine rings is 1. The van der Waals surface area contributed by atoms with Crippen molar-refractivity contribution in [3.8, 4) is 6.07 Å². The number of benzene rings is 1. The molecular formula is C25H26N6O4S. The van der Waals surface area contributed by atoms with Crippen LogP contribution < -0.4 is 16.2 Å². The largest absolute Gasteiger partial charge is 0.480 e. The first-order valence-corrected chi connectivity index (χ1v) is 12.8. The Kier molecular flexibility index (Phi) is 6.47. The van der Waals surface area contributed by atoms with Crippen molar-refractivity contribution in [3.63, 3.8) is 0 Å². The molecule has 186 valence electrons. The predicted molar refractivity (Wildman–Crippen MR) is 135 cm³/mol. The van der Waals surface area contributed by atoms with E-state index in [1.54, 1.807) is 22.1 Å². The number of amides is 1. The number of nitrogens with two attached hydrogens (primary N) is 1. The van der Waals surface area contributed by atoms with Gasteiger partial charge in [0.15, 0.2) is 0 Å². The van der Waals surface area contributed by atoms with Crippen LogP contribution in [0.2, 0.25) is 0 Å². The summed E-state index contributed by atoms with van der Waals surface area (Å²) in [5.41, 5.74) is 7.62. The Bertz CT molecular complexity index is 1440. The van der Waals surface area contributed by atoms with Crippen LogP contribution in [0.5, 0.6) is 0 Å². The molecule has 2 aliphatic rings. The third-order valence-electron chi connectivity index (χ3n) is 6.89. The number of rotatable bonds is 5. The maximum Gasteiger partial charge on any atom is 0.326 e. The molecule has 0 spiro atoms. The monoisotopic (exact) mass is 506 g/mol. The van der Waals surface area contributed by atoms with E-state index in [0.717, 1.165) is 24.2 Å². The van der Waals surface area contributed by atoms with Crippen LogP contribution in [-0.4, -0.2) is 63.2 Å². The second-order valence-corrected chi connectivity index (χ2v) is 10.1. The summed E-state index contributed by atoms with van der Waals surface area (Å²) in [6.07, 6.45) is 2.72. The first-order valence-electron chi connectivity index (χ1n) is 11.9. The highest BCUT2D eigenvalue weighted by molar-refractivity contribution is 7.17. The third-order valence-corrected chi connectivity index (χ3v) is 7.85. The SMILES string of the molecule is N#Cc1ccccc1Cn1c(N2CCC[C@@H](N)C2)nc2c(C(=O)N3CCC[C@H]3C(=O)O)csc2c1=O. The van der Waals surface area contributed by atoms with Crippen LogP contribution >= 0.6 is 11.3 Å². The number of carbonyl (C=O) groups is 2. The van der Waals surface area contributed by atoms with E-state index in [1.165, 1.54) is 4.90 Å². The molecule has 0 bridgehead atoms. The van der Waals surface area contributed by atoms with Crippen molar-refractivity contribution >= 4 is 39.4 Å². The van der Waals surface area contributed by atoms with Gasteiger partial charge in [-0.05, 0) is 37.3 Å². The van der Waals surface area contributed by atoms with Crippen molar-refractivity contribution in [2.75, 3.05) is 24.5 Å². The van der Waals surface area contributed by atoms with Gasteiger partial charge in [0.25, 0.3) is 11.5 Å².